The Morgan fingerprint density at radius 1 is 1.53 bits per heavy atom. The van der Waals surface area contributed by atoms with Crippen LogP contribution in [0.1, 0.15) is 43.1 Å². The fourth-order valence-corrected chi connectivity index (χ4v) is 4.23. The number of thiophene rings is 1. The fourth-order valence-electron chi connectivity index (χ4n) is 2.99. The molecule has 0 aromatic carbocycles. The summed E-state index contributed by atoms with van der Waals surface area (Å²) in [5.41, 5.74) is 0.0909. The molecule has 1 aromatic heterocycles. The molecule has 0 radical (unpaired) electrons. The van der Waals surface area contributed by atoms with Crippen molar-refractivity contribution in [1.29, 1.82) is 0 Å². The zero-order valence-electron chi connectivity index (χ0n) is 9.69. The van der Waals surface area contributed by atoms with E-state index in [-0.39, 0.29) is 5.60 Å². The second-order valence-corrected chi connectivity index (χ2v) is 6.57. The van der Waals surface area contributed by atoms with Crippen molar-refractivity contribution in [2.24, 2.45) is 5.92 Å². The predicted molar refractivity (Wildman–Crippen MR) is 69.5 cm³/mol. The van der Waals surface area contributed by atoms with E-state index in [1.54, 1.807) is 11.3 Å². The van der Waals surface area contributed by atoms with Crippen molar-refractivity contribution in [3.8, 4) is 0 Å². The lowest BCUT2D eigenvalue weighted by molar-refractivity contribution is -0.157. The molecule has 1 N–H and O–H groups in total. The lowest BCUT2D eigenvalue weighted by atomic mass is 9.71. The van der Waals surface area contributed by atoms with Gasteiger partial charge in [0.05, 0.1) is 21.6 Å². The van der Waals surface area contributed by atoms with E-state index in [1.165, 1.54) is 6.42 Å². The van der Waals surface area contributed by atoms with Crippen LogP contribution in [0.15, 0.2) is 11.4 Å². The highest BCUT2D eigenvalue weighted by Gasteiger charge is 2.44. The van der Waals surface area contributed by atoms with E-state index in [0.29, 0.717) is 10.9 Å². The molecule has 94 valence electrons. The number of aliphatic hydroxyl groups excluding tert-OH is 1. The Balaban J connectivity index is 1.73. The van der Waals surface area contributed by atoms with Crippen LogP contribution in [-0.2, 0) is 4.74 Å². The van der Waals surface area contributed by atoms with Crippen LogP contribution in [0.2, 0.25) is 5.02 Å². The first-order valence-electron chi connectivity index (χ1n) is 6.25. The van der Waals surface area contributed by atoms with Crippen molar-refractivity contribution in [3.63, 3.8) is 0 Å². The van der Waals surface area contributed by atoms with Crippen molar-refractivity contribution in [2.75, 3.05) is 6.61 Å². The van der Waals surface area contributed by atoms with Crippen molar-refractivity contribution in [2.45, 2.75) is 43.8 Å². The summed E-state index contributed by atoms with van der Waals surface area (Å²) in [6.45, 7) is 0.782. The Bertz CT molecular complexity index is 400. The van der Waals surface area contributed by atoms with Crippen molar-refractivity contribution in [3.05, 3.63) is 21.3 Å². The summed E-state index contributed by atoms with van der Waals surface area (Å²) in [5, 5.41) is 13.1. The minimum absolute atomic E-state index is 0.0909. The molecule has 1 aromatic rings. The molecule has 3 rings (SSSR count). The largest absolute Gasteiger partial charge is 0.387 e. The molecule has 0 amide bonds. The van der Waals surface area contributed by atoms with Crippen LogP contribution in [0.4, 0.5) is 0 Å². The number of hydrogen-bond donors (Lipinski definition) is 1. The summed E-state index contributed by atoms with van der Waals surface area (Å²) < 4.78 is 5.89. The Morgan fingerprint density at radius 2 is 2.35 bits per heavy atom. The van der Waals surface area contributed by atoms with Gasteiger partial charge >= 0.3 is 0 Å². The van der Waals surface area contributed by atoms with Crippen LogP contribution in [-0.4, -0.2) is 17.3 Å². The Labute approximate surface area is 111 Å². The number of rotatable bonds is 2. The molecule has 1 saturated heterocycles. The number of aliphatic hydroxyl groups is 1. The summed E-state index contributed by atoms with van der Waals surface area (Å²) in [7, 11) is 0. The smallest absolute Gasteiger partial charge is 0.0926 e. The third-order valence-corrected chi connectivity index (χ3v) is 5.58. The van der Waals surface area contributed by atoms with Gasteiger partial charge in [0.2, 0.25) is 0 Å². The van der Waals surface area contributed by atoms with Crippen LogP contribution in [0.25, 0.3) is 0 Å². The van der Waals surface area contributed by atoms with Crippen LogP contribution in [0.3, 0.4) is 0 Å². The van der Waals surface area contributed by atoms with Gasteiger partial charge in [0.15, 0.2) is 0 Å². The molecule has 17 heavy (non-hydrogen) atoms. The monoisotopic (exact) mass is 272 g/mol. The van der Waals surface area contributed by atoms with E-state index in [9.17, 15) is 5.11 Å². The summed E-state index contributed by atoms with van der Waals surface area (Å²) >= 11 is 7.65. The maximum absolute atomic E-state index is 10.4. The maximum atomic E-state index is 10.4. The first-order chi connectivity index (χ1) is 8.20. The van der Waals surface area contributed by atoms with Crippen LogP contribution in [0.5, 0.6) is 0 Å². The van der Waals surface area contributed by atoms with Crippen molar-refractivity contribution < 1.29 is 9.84 Å². The molecule has 0 bridgehead atoms. The highest BCUT2D eigenvalue weighted by atomic mass is 35.5. The number of ether oxygens (including phenoxy) is 1. The summed E-state index contributed by atoms with van der Waals surface area (Å²) in [4.78, 5) is 0.924. The van der Waals surface area contributed by atoms with Gasteiger partial charge in [-0.3, -0.25) is 0 Å². The van der Waals surface area contributed by atoms with Crippen molar-refractivity contribution >= 4 is 22.9 Å². The topological polar surface area (TPSA) is 29.5 Å². The zero-order valence-corrected chi connectivity index (χ0v) is 11.3. The third-order valence-electron chi connectivity index (χ3n) is 4.16. The van der Waals surface area contributed by atoms with E-state index in [2.05, 4.69) is 0 Å². The van der Waals surface area contributed by atoms with E-state index < -0.39 is 6.10 Å². The van der Waals surface area contributed by atoms with Gasteiger partial charge in [-0.05, 0) is 49.5 Å². The standard InChI is InChI=1S/C13H17ClO2S/c14-10-3-7-17-12(10)11(15)9-2-6-16-13(8-9)4-1-5-13/h3,7,9,11,15H,1-2,4-6,8H2. The minimum atomic E-state index is -0.413. The van der Waals surface area contributed by atoms with Gasteiger partial charge in [-0.1, -0.05) is 11.6 Å². The van der Waals surface area contributed by atoms with Gasteiger partial charge in [0.1, 0.15) is 0 Å². The Kier molecular flexibility index (Phi) is 3.20. The first kappa shape index (κ1) is 12.0. The molecule has 2 unspecified atom stereocenters. The summed E-state index contributed by atoms with van der Waals surface area (Å²) in [6.07, 6.45) is 5.11. The molecule has 4 heteroatoms. The van der Waals surface area contributed by atoms with E-state index in [4.69, 9.17) is 16.3 Å². The molecule has 1 saturated carbocycles. The minimum Gasteiger partial charge on any atom is -0.387 e. The zero-order chi connectivity index (χ0) is 11.9. The molecule has 2 atom stereocenters. The summed E-state index contributed by atoms with van der Waals surface area (Å²) in [5.74, 6) is 0.306. The molecule has 1 aliphatic carbocycles. The number of hydrogen-bond acceptors (Lipinski definition) is 3. The first-order valence-corrected chi connectivity index (χ1v) is 7.51. The molecule has 2 nitrogen and oxygen atoms in total. The molecule has 2 heterocycles. The fraction of sp³-hybridized carbons (Fsp3) is 0.692. The van der Waals surface area contributed by atoms with E-state index >= 15 is 0 Å². The molecule has 1 spiro atoms. The lowest BCUT2D eigenvalue weighted by Gasteiger charge is -2.48. The van der Waals surface area contributed by atoms with Gasteiger partial charge in [0.25, 0.3) is 0 Å². The van der Waals surface area contributed by atoms with Gasteiger partial charge in [-0.15, -0.1) is 11.3 Å². The molecular weight excluding hydrogens is 256 g/mol. The quantitative estimate of drug-likeness (QED) is 0.888. The third kappa shape index (κ3) is 2.14. The van der Waals surface area contributed by atoms with Gasteiger partial charge in [-0.25, -0.2) is 0 Å². The normalized spacial score (nSPS) is 28.9. The average molecular weight is 273 g/mol. The second kappa shape index (κ2) is 4.54. The Morgan fingerprint density at radius 3 is 2.94 bits per heavy atom. The predicted octanol–water partition coefficient (Wildman–Crippen LogP) is 3.78. The lowest BCUT2D eigenvalue weighted by Crippen LogP contribution is -2.46. The van der Waals surface area contributed by atoms with Crippen LogP contribution < -0.4 is 0 Å². The second-order valence-electron chi connectivity index (χ2n) is 5.22. The molecular formula is C13H17ClO2S. The van der Waals surface area contributed by atoms with Gasteiger partial charge in [-0.2, -0.15) is 0 Å². The van der Waals surface area contributed by atoms with Crippen molar-refractivity contribution in [1.82, 2.24) is 0 Å². The van der Waals surface area contributed by atoms with Crippen LogP contribution >= 0.6 is 22.9 Å². The maximum Gasteiger partial charge on any atom is 0.0926 e. The summed E-state index contributed by atoms with van der Waals surface area (Å²) in [6, 6.07) is 1.86. The average Bonchev–Trinajstić information content (AvgIpc) is 2.73. The highest BCUT2D eigenvalue weighted by Crippen LogP contribution is 2.48. The van der Waals surface area contributed by atoms with Crippen LogP contribution in [0, 0.1) is 5.92 Å². The molecule has 2 fully saturated rings. The Hall–Kier alpha value is -0.0900. The van der Waals surface area contributed by atoms with E-state index in [1.807, 2.05) is 11.4 Å². The van der Waals surface area contributed by atoms with E-state index in [0.717, 1.165) is 37.2 Å². The molecule has 2 aliphatic rings. The van der Waals surface area contributed by atoms with Gasteiger partial charge in [0, 0.05) is 6.61 Å². The number of halogens is 1. The molecule has 1 aliphatic heterocycles. The van der Waals surface area contributed by atoms with Gasteiger partial charge < -0.3 is 9.84 Å². The highest BCUT2D eigenvalue weighted by molar-refractivity contribution is 7.10. The SMILES string of the molecule is OC(c1sccc1Cl)C1CCOC2(CCC2)C1.